The zero-order chi connectivity index (χ0) is 20.5. The van der Waals surface area contributed by atoms with Crippen LogP contribution in [0.2, 0.25) is 0 Å². The summed E-state index contributed by atoms with van der Waals surface area (Å²) >= 11 is 0. The normalized spacial score (nSPS) is 15.6. The summed E-state index contributed by atoms with van der Waals surface area (Å²) in [4.78, 5) is 9.15. The molecule has 1 fully saturated rings. The smallest absolute Gasteiger partial charge is 0.193 e. The van der Waals surface area contributed by atoms with Crippen LogP contribution in [0.5, 0.6) is 5.75 Å². The Morgan fingerprint density at radius 1 is 1.10 bits per heavy atom. The van der Waals surface area contributed by atoms with Crippen molar-refractivity contribution in [3.05, 3.63) is 65.7 Å². The first-order valence-electron chi connectivity index (χ1n) is 10.6. The van der Waals surface area contributed by atoms with E-state index in [1.807, 2.05) is 37.4 Å². The highest BCUT2D eigenvalue weighted by Crippen LogP contribution is 2.18. The predicted octanol–water partition coefficient (Wildman–Crippen LogP) is 3.76. The summed E-state index contributed by atoms with van der Waals surface area (Å²) in [6.07, 6.45) is 2.29. The van der Waals surface area contributed by atoms with Gasteiger partial charge in [0.1, 0.15) is 11.9 Å². The summed E-state index contributed by atoms with van der Waals surface area (Å²) in [6, 6.07) is 18.9. The summed E-state index contributed by atoms with van der Waals surface area (Å²) in [7, 11) is 4.01. The lowest BCUT2D eigenvalue weighted by Crippen LogP contribution is -2.47. The molecule has 0 saturated carbocycles. The first-order chi connectivity index (χ1) is 14.2. The standard InChI is InChI=1S/C24H34N4O/c1-4-27(3)19-21-10-8-9-20(17-21)18-26-24(25-2)28-15-13-23(14-16-28)29-22-11-6-5-7-12-22/h5-12,17,23H,4,13-16,18-19H2,1-3H3,(H,25,26). The second-order valence-electron chi connectivity index (χ2n) is 7.67. The van der Waals surface area contributed by atoms with E-state index in [2.05, 4.69) is 58.3 Å². The maximum absolute atomic E-state index is 6.11. The maximum atomic E-state index is 6.11. The van der Waals surface area contributed by atoms with E-state index in [0.717, 1.165) is 57.3 Å². The van der Waals surface area contributed by atoms with Crippen LogP contribution >= 0.6 is 0 Å². The van der Waals surface area contributed by atoms with E-state index in [-0.39, 0.29) is 6.10 Å². The number of likely N-dealkylation sites (tertiary alicyclic amines) is 1. The lowest BCUT2D eigenvalue weighted by molar-refractivity contribution is 0.129. The molecule has 2 aromatic carbocycles. The molecule has 1 aliphatic heterocycles. The summed E-state index contributed by atoms with van der Waals surface area (Å²) in [5.41, 5.74) is 2.64. The summed E-state index contributed by atoms with van der Waals surface area (Å²) < 4.78 is 6.11. The molecule has 3 rings (SSSR count). The number of benzene rings is 2. The Balaban J connectivity index is 1.48. The van der Waals surface area contributed by atoms with Crippen molar-refractivity contribution >= 4 is 5.96 Å². The van der Waals surface area contributed by atoms with Crippen LogP contribution in [0, 0.1) is 0 Å². The lowest BCUT2D eigenvalue weighted by Gasteiger charge is -2.34. The first-order valence-corrected chi connectivity index (χ1v) is 10.6. The van der Waals surface area contributed by atoms with Crippen molar-refractivity contribution in [2.45, 2.75) is 39.0 Å². The van der Waals surface area contributed by atoms with Crippen LogP contribution in [0.4, 0.5) is 0 Å². The van der Waals surface area contributed by atoms with Gasteiger partial charge < -0.3 is 19.9 Å². The molecule has 1 heterocycles. The van der Waals surface area contributed by atoms with Gasteiger partial charge in [-0.3, -0.25) is 4.99 Å². The minimum Gasteiger partial charge on any atom is -0.490 e. The summed E-state index contributed by atoms with van der Waals surface area (Å²) in [6.45, 7) is 6.92. The molecule has 2 aromatic rings. The fourth-order valence-corrected chi connectivity index (χ4v) is 3.65. The molecule has 0 radical (unpaired) electrons. The van der Waals surface area contributed by atoms with E-state index in [4.69, 9.17) is 4.74 Å². The van der Waals surface area contributed by atoms with Gasteiger partial charge in [0.05, 0.1) is 0 Å². The number of guanidine groups is 1. The van der Waals surface area contributed by atoms with E-state index in [1.54, 1.807) is 0 Å². The second-order valence-corrected chi connectivity index (χ2v) is 7.67. The molecule has 0 bridgehead atoms. The molecule has 0 aliphatic carbocycles. The predicted molar refractivity (Wildman–Crippen MR) is 120 cm³/mol. The van der Waals surface area contributed by atoms with Crippen molar-refractivity contribution in [1.29, 1.82) is 0 Å². The quantitative estimate of drug-likeness (QED) is 0.573. The van der Waals surface area contributed by atoms with Crippen LogP contribution in [0.15, 0.2) is 59.6 Å². The number of para-hydroxylation sites is 1. The number of hydrogen-bond acceptors (Lipinski definition) is 3. The van der Waals surface area contributed by atoms with E-state index >= 15 is 0 Å². The highest BCUT2D eigenvalue weighted by atomic mass is 16.5. The topological polar surface area (TPSA) is 40.1 Å². The first kappa shape index (κ1) is 21.2. The second kappa shape index (κ2) is 10.9. The Morgan fingerprint density at radius 3 is 2.52 bits per heavy atom. The van der Waals surface area contributed by atoms with Crippen LogP contribution in [0.3, 0.4) is 0 Å². The molecule has 1 N–H and O–H groups in total. The van der Waals surface area contributed by atoms with Gasteiger partial charge in [0.25, 0.3) is 0 Å². The van der Waals surface area contributed by atoms with Crippen LogP contribution in [0.1, 0.15) is 30.9 Å². The fraction of sp³-hybridized carbons (Fsp3) is 0.458. The van der Waals surface area contributed by atoms with Crippen LogP contribution in [0.25, 0.3) is 0 Å². The van der Waals surface area contributed by atoms with Gasteiger partial charge in [-0.05, 0) is 36.9 Å². The lowest BCUT2D eigenvalue weighted by atomic mass is 10.1. The zero-order valence-corrected chi connectivity index (χ0v) is 18.0. The van der Waals surface area contributed by atoms with Crippen molar-refractivity contribution in [3.63, 3.8) is 0 Å². The Kier molecular flexibility index (Phi) is 7.94. The average molecular weight is 395 g/mol. The molecule has 1 saturated heterocycles. The molecular weight excluding hydrogens is 360 g/mol. The molecule has 29 heavy (non-hydrogen) atoms. The third-order valence-electron chi connectivity index (χ3n) is 5.43. The maximum Gasteiger partial charge on any atom is 0.193 e. The van der Waals surface area contributed by atoms with Crippen molar-refractivity contribution in [1.82, 2.24) is 15.1 Å². The molecule has 5 heteroatoms. The third-order valence-corrected chi connectivity index (χ3v) is 5.43. The van der Waals surface area contributed by atoms with Crippen molar-refractivity contribution in [2.75, 3.05) is 33.7 Å². The van der Waals surface area contributed by atoms with E-state index in [9.17, 15) is 0 Å². The number of piperidine rings is 1. The number of hydrogen-bond donors (Lipinski definition) is 1. The van der Waals surface area contributed by atoms with Gasteiger partial charge in [-0.25, -0.2) is 0 Å². The van der Waals surface area contributed by atoms with Crippen molar-refractivity contribution < 1.29 is 4.74 Å². The van der Waals surface area contributed by atoms with Gasteiger partial charge in [-0.15, -0.1) is 0 Å². The molecular formula is C24H34N4O. The largest absolute Gasteiger partial charge is 0.490 e. The Labute approximate surface area is 175 Å². The summed E-state index contributed by atoms with van der Waals surface area (Å²) in [5, 5.41) is 3.54. The highest BCUT2D eigenvalue weighted by Gasteiger charge is 2.22. The molecule has 0 amide bonds. The van der Waals surface area contributed by atoms with Gasteiger partial charge in [-0.2, -0.15) is 0 Å². The van der Waals surface area contributed by atoms with Crippen LogP contribution in [-0.2, 0) is 13.1 Å². The molecule has 0 atom stereocenters. The van der Waals surface area contributed by atoms with Crippen molar-refractivity contribution in [2.24, 2.45) is 4.99 Å². The van der Waals surface area contributed by atoms with Crippen molar-refractivity contribution in [3.8, 4) is 5.75 Å². The molecule has 1 aliphatic rings. The highest BCUT2D eigenvalue weighted by molar-refractivity contribution is 5.80. The van der Waals surface area contributed by atoms with E-state index in [0.29, 0.717) is 0 Å². The number of aliphatic imine (C=N–C) groups is 1. The monoisotopic (exact) mass is 394 g/mol. The molecule has 5 nitrogen and oxygen atoms in total. The van der Waals surface area contributed by atoms with Crippen LogP contribution < -0.4 is 10.1 Å². The fourth-order valence-electron chi connectivity index (χ4n) is 3.65. The van der Waals surface area contributed by atoms with Gasteiger partial charge >= 0.3 is 0 Å². The SMILES string of the molecule is CCN(C)Cc1cccc(CNC(=NC)N2CCC(Oc3ccccc3)CC2)c1. The Bertz CT molecular complexity index is 769. The van der Waals surface area contributed by atoms with Gasteiger partial charge in [0.2, 0.25) is 0 Å². The third kappa shape index (κ3) is 6.50. The summed E-state index contributed by atoms with van der Waals surface area (Å²) in [5.74, 6) is 1.93. The van der Waals surface area contributed by atoms with Gasteiger partial charge in [-0.1, -0.05) is 49.4 Å². The number of ether oxygens (including phenoxy) is 1. The molecule has 0 aromatic heterocycles. The number of nitrogens with one attached hydrogen (secondary N) is 1. The number of rotatable bonds is 7. The minimum atomic E-state index is 0.277. The Morgan fingerprint density at radius 2 is 1.83 bits per heavy atom. The van der Waals surface area contributed by atoms with Crippen LogP contribution in [-0.4, -0.2) is 55.6 Å². The Hall–Kier alpha value is -2.53. The average Bonchev–Trinajstić information content (AvgIpc) is 2.76. The van der Waals surface area contributed by atoms with Gasteiger partial charge in [0, 0.05) is 46.1 Å². The number of nitrogens with zero attached hydrogens (tertiary/aromatic N) is 3. The minimum absolute atomic E-state index is 0.277. The molecule has 0 unspecified atom stereocenters. The zero-order valence-electron chi connectivity index (χ0n) is 18.0. The van der Waals surface area contributed by atoms with Gasteiger partial charge in [0.15, 0.2) is 5.96 Å². The molecule has 156 valence electrons. The van der Waals surface area contributed by atoms with E-state index < -0.39 is 0 Å². The molecule has 0 spiro atoms. The van der Waals surface area contributed by atoms with E-state index in [1.165, 1.54) is 11.1 Å².